The molecule has 0 spiro atoms. The van der Waals surface area contributed by atoms with Crippen LogP contribution >= 0.6 is 0 Å². The van der Waals surface area contributed by atoms with E-state index < -0.39 is 94.0 Å². The lowest BCUT2D eigenvalue weighted by Crippen LogP contribution is -2.62. The second kappa shape index (κ2) is 15.3. The number of carbonyl (C=O) groups is 2. The van der Waals surface area contributed by atoms with E-state index in [1.807, 2.05) is 4.90 Å². The topological polar surface area (TPSA) is 130 Å². The van der Waals surface area contributed by atoms with Crippen molar-refractivity contribution in [3.05, 3.63) is 88.1 Å². The largest absolute Gasteiger partial charge is 0.510 e. The van der Waals surface area contributed by atoms with Crippen molar-refractivity contribution in [2.75, 3.05) is 46.5 Å². The van der Waals surface area contributed by atoms with Crippen molar-refractivity contribution >= 4 is 11.7 Å². The Morgan fingerprint density at radius 2 is 1.66 bits per heavy atom. The third kappa shape index (κ3) is 8.35. The minimum Gasteiger partial charge on any atom is -0.510 e. The number of amides is 1. The molecular formula is C37H38F8N6O5. The first-order valence-electron chi connectivity index (χ1n) is 17.5. The van der Waals surface area contributed by atoms with Gasteiger partial charge in [0.15, 0.2) is 17.3 Å². The second-order valence-electron chi connectivity index (χ2n) is 14.7. The third-order valence-corrected chi connectivity index (χ3v) is 9.82. The number of aromatic nitrogens is 2. The van der Waals surface area contributed by atoms with E-state index in [1.54, 1.807) is 20.8 Å². The second-order valence-corrected chi connectivity index (χ2v) is 14.7. The van der Waals surface area contributed by atoms with E-state index in [2.05, 4.69) is 15.3 Å². The average Bonchev–Trinajstić information content (AvgIpc) is 3.93. The Bertz CT molecular complexity index is 2030. The fourth-order valence-corrected chi connectivity index (χ4v) is 6.96. The van der Waals surface area contributed by atoms with E-state index in [9.17, 15) is 41.0 Å². The highest BCUT2D eigenvalue weighted by Crippen LogP contribution is 2.44. The number of aliphatic hydroxyl groups is 1. The summed E-state index contributed by atoms with van der Waals surface area (Å²) in [6, 6.07) is 1.76. The number of rotatable bonds is 9. The fraction of sp³-hybridized carbons (Fsp3) is 0.459. The first kappa shape index (κ1) is 40.9. The SMILES string of the molecule is CN1C(C(C)(C)C)C(=O)C(=C(O)C2NC2c2ccc(C(F)(F)F)cc2-c2cc(C(F)(F)F)ncn2)C(=O)N1Cc1ccc(OCCN2CCOCC2)c(F)c1F. The highest BCUT2D eigenvalue weighted by Gasteiger charge is 2.52. The Morgan fingerprint density at radius 3 is 2.30 bits per heavy atom. The lowest BCUT2D eigenvalue weighted by molar-refractivity contribution is -0.166. The van der Waals surface area contributed by atoms with E-state index >= 15 is 8.78 Å². The van der Waals surface area contributed by atoms with E-state index in [-0.39, 0.29) is 29.0 Å². The molecule has 19 heteroatoms. The summed E-state index contributed by atoms with van der Waals surface area (Å²) in [6.45, 7) is 7.43. The first-order valence-corrected chi connectivity index (χ1v) is 17.5. The van der Waals surface area contributed by atoms with Gasteiger partial charge in [0.1, 0.15) is 30.0 Å². The minimum absolute atomic E-state index is 0.0242. The average molecular weight is 799 g/mol. The standard InChI is InChI=1S/C37H38F8N6O5/c1-35(2,3)33-32(53)26(34(54)51(49(33)4)17-19-5-8-24(28(39)27(19)38)56-14-11-50-9-12-55-13-10-50)31(52)30-29(48-30)21-7-6-20(36(40,41)42)15-22(21)23-16-25(37(43,44)45)47-18-46-23/h5-8,15-16,18,29-30,33,48,52H,9-14,17H2,1-4H3. The monoisotopic (exact) mass is 798 g/mol. The number of ether oxygens (including phenoxy) is 2. The van der Waals surface area contributed by atoms with E-state index in [4.69, 9.17) is 9.47 Å². The van der Waals surface area contributed by atoms with Gasteiger partial charge in [0, 0.05) is 37.8 Å². The summed E-state index contributed by atoms with van der Waals surface area (Å²) in [4.78, 5) is 37.1. The number of benzene rings is 2. The number of carbonyl (C=O) groups excluding carboxylic acids is 2. The number of likely N-dealkylation sites (N-methyl/N-ethyl adjacent to an activating group) is 1. The quantitative estimate of drug-likeness (QED) is 0.0892. The molecule has 3 unspecified atom stereocenters. The van der Waals surface area contributed by atoms with Gasteiger partial charge in [-0.15, -0.1) is 0 Å². The molecule has 302 valence electrons. The lowest BCUT2D eigenvalue weighted by Gasteiger charge is -2.46. The zero-order chi connectivity index (χ0) is 40.9. The molecule has 0 radical (unpaired) electrons. The molecule has 3 aliphatic heterocycles. The molecule has 1 aromatic heterocycles. The van der Waals surface area contributed by atoms with Crippen molar-refractivity contribution in [3.63, 3.8) is 0 Å². The van der Waals surface area contributed by atoms with Crippen molar-refractivity contribution < 1.29 is 59.3 Å². The van der Waals surface area contributed by atoms with Gasteiger partial charge in [-0.05, 0) is 35.2 Å². The molecule has 2 N–H and O–H groups in total. The van der Waals surface area contributed by atoms with Crippen molar-refractivity contribution in [2.45, 2.75) is 57.8 Å². The molecule has 4 heterocycles. The van der Waals surface area contributed by atoms with E-state index in [0.29, 0.717) is 57.4 Å². The van der Waals surface area contributed by atoms with Gasteiger partial charge < -0.3 is 14.6 Å². The van der Waals surface area contributed by atoms with Crippen molar-refractivity contribution in [1.82, 2.24) is 30.2 Å². The van der Waals surface area contributed by atoms with Crippen LogP contribution in [0, 0.1) is 17.0 Å². The number of nitrogens with zero attached hydrogens (tertiary/aromatic N) is 5. The number of hydrogen-bond donors (Lipinski definition) is 2. The van der Waals surface area contributed by atoms with Crippen molar-refractivity contribution in [1.29, 1.82) is 0 Å². The Hall–Kier alpha value is -4.72. The number of hydrazine groups is 1. The highest BCUT2D eigenvalue weighted by atomic mass is 19.4. The summed E-state index contributed by atoms with van der Waals surface area (Å²) in [5.74, 6) is -5.62. The molecule has 0 bridgehead atoms. The van der Waals surface area contributed by atoms with Crippen molar-refractivity contribution in [3.8, 4) is 17.0 Å². The number of morpholine rings is 1. The Labute approximate surface area is 315 Å². The van der Waals surface area contributed by atoms with Crippen LogP contribution in [0.4, 0.5) is 35.1 Å². The number of nitrogens with one attached hydrogen (secondary N) is 1. The molecule has 3 aliphatic rings. The first-order chi connectivity index (χ1) is 26.2. The predicted molar refractivity (Wildman–Crippen MR) is 182 cm³/mol. The van der Waals surface area contributed by atoms with Crippen LogP contribution in [-0.4, -0.2) is 100 Å². The van der Waals surface area contributed by atoms with Gasteiger partial charge in [0.25, 0.3) is 5.91 Å². The zero-order valence-corrected chi connectivity index (χ0v) is 30.6. The number of halogens is 8. The maximum absolute atomic E-state index is 15.5. The minimum atomic E-state index is -4.94. The fourth-order valence-electron chi connectivity index (χ4n) is 6.96. The Morgan fingerprint density at radius 1 is 0.964 bits per heavy atom. The summed E-state index contributed by atoms with van der Waals surface area (Å²) in [6.07, 6.45) is -9.27. The molecular weight excluding hydrogens is 760 g/mol. The van der Waals surface area contributed by atoms with Crippen LogP contribution in [-0.2, 0) is 33.2 Å². The van der Waals surface area contributed by atoms with Gasteiger partial charge in [0.2, 0.25) is 5.82 Å². The highest BCUT2D eigenvalue weighted by molar-refractivity contribution is 6.23. The van der Waals surface area contributed by atoms with Gasteiger partial charge in [-0.3, -0.25) is 24.8 Å². The molecule has 1 amide bonds. The zero-order valence-electron chi connectivity index (χ0n) is 30.6. The molecule has 3 saturated heterocycles. The van der Waals surface area contributed by atoms with Gasteiger partial charge in [0.05, 0.1) is 49.1 Å². The lowest BCUT2D eigenvalue weighted by atomic mass is 9.79. The maximum Gasteiger partial charge on any atom is 0.433 e. The number of aliphatic hydroxyl groups excluding tert-OH is 1. The van der Waals surface area contributed by atoms with Crippen molar-refractivity contribution in [2.24, 2.45) is 5.41 Å². The van der Waals surface area contributed by atoms with Crippen LogP contribution in [0.1, 0.15) is 49.2 Å². The summed E-state index contributed by atoms with van der Waals surface area (Å²) in [5.41, 5.74) is -5.38. The summed E-state index contributed by atoms with van der Waals surface area (Å²) < 4.78 is 123. The Kier molecular flexibility index (Phi) is 11.2. The normalized spacial score (nSPS) is 22.4. The number of hydrogen-bond acceptors (Lipinski definition) is 10. The molecule has 0 saturated carbocycles. The smallest absolute Gasteiger partial charge is 0.433 e. The molecule has 56 heavy (non-hydrogen) atoms. The van der Waals surface area contributed by atoms with Crippen LogP contribution < -0.4 is 10.1 Å². The van der Waals surface area contributed by atoms with Gasteiger partial charge in [-0.2, -0.15) is 30.7 Å². The number of ketones is 1. The number of Topliss-reactive ketones (excluding diaryl/α,β-unsaturated/α-hetero) is 1. The summed E-state index contributed by atoms with van der Waals surface area (Å²) in [7, 11) is 1.40. The van der Waals surface area contributed by atoms with Crippen LogP contribution in [0.2, 0.25) is 0 Å². The molecule has 6 rings (SSSR count). The van der Waals surface area contributed by atoms with Gasteiger partial charge >= 0.3 is 12.4 Å². The maximum atomic E-state index is 15.5. The molecule has 2 aromatic carbocycles. The molecule has 3 fully saturated rings. The Balaban J connectivity index is 1.31. The molecule has 3 atom stereocenters. The van der Waals surface area contributed by atoms with E-state index in [1.165, 1.54) is 24.2 Å². The van der Waals surface area contributed by atoms with Crippen LogP contribution in [0.3, 0.4) is 0 Å². The van der Waals surface area contributed by atoms with Gasteiger partial charge in [-0.1, -0.05) is 32.9 Å². The molecule has 3 aromatic rings. The third-order valence-electron chi connectivity index (χ3n) is 9.82. The number of alkyl halides is 6. The van der Waals surface area contributed by atoms with Crippen LogP contribution in [0.25, 0.3) is 11.3 Å². The predicted octanol–water partition coefficient (Wildman–Crippen LogP) is 5.87. The van der Waals surface area contributed by atoms with Gasteiger partial charge in [-0.25, -0.2) is 19.4 Å². The summed E-state index contributed by atoms with van der Waals surface area (Å²) in [5, 5.41) is 16.6. The van der Waals surface area contributed by atoms with Crippen LogP contribution in [0.5, 0.6) is 5.75 Å². The molecule has 11 nitrogen and oxygen atoms in total. The molecule has 0 aliphatic carbocycles. The van der Waals surface area contributed by atoms with Crippen LogP contribution in [0.15, 0.2) is 54.1 Å². The van der Waals surface area contributed by atoms with E-state index in [0.717, 1.165) is 11.1 Å². The summed E-state index contributed by atoms with van der Waals surface area (Å²) >= 11 is 0.